The number of H-pyrrole nitrogens is 1. The van der Waals surface area contributed by atoms with E-state index in [1.165, 1.54) is 11.3 Å². The fourth-order valence-electron chi connectivity index (χ4n) is 1.91. The molecule has 7 nitrogen and oxygen atoms in total. The van der Waals surface area contributed by atoms with E-state index < -0.39 is 11.6 Å². The van der Waals surface area contributed by atoms with E-state index in [1.54, 1.807) is 5.38 Å². The first kappa shape index (κ1) is 14.2. The van der Waals surface area contributed by atoms with Crippen LogP contribution in [0, 0.1) is 0 Å². The van der Waals surface area contributed by atoms with Crippen molar-refractivity contribution in [2.45, 2.75) is 12.8 Å². The van der Waals surface area contributed by atoms with Gasteiger partial charge in [0.05, 0.1) is 17.1 Å². The minimum atomic E-state index is -0.758. The molecule has 110 valence electrons. The molecule has 0 amide bonds. The molecule has 0 aliphatic rings. The Morgan fingerprint density at radius 2 is 2.00 bits per heavy atom. The van der Waals surface area contributed by atoms with Crippen LogP contribution >= 0.6 is 11.3 Å². The highest BCUT2D eigenvalue weighted by atomic mass is 32.1. The Morgan fingerprint density at radius 1 is 1.18 bits per heavy atom. The van der Waals surface area contributed by atoms with Crippen LogP contribution in [-0.4, -0.2) is 37.2 Å². The minimum Gasteiger partial charge on any atom is -0.290 e. The lowest BCUT2D eigenvalue weighted by Crippen LogP contribution is -2.18. The normalized spacial score (nSPS) is 10.5. The second-order valence-electron chi connectivity index (χ2n) is 4.56. The van der Waals surface area contributed by atoms with Gasteiger partial charge in [-0.2, -0.15) is 5.21 Å². The van der Waals surface area contributed by atoms with Crippen LogP contribution in [-0.2, 0) is 17.6 Å². The summed E-state index contributed by atoms with van der Waals surface area (Å²) >= 11 is 1.47. The van der Waals surface area contributed by atoms with Crippen molar-refractivity contribution in [3.05, 3.63) is 57.8 Å². The number of hydrogen-bond donors (Lipinski definition) is 1. The van der Waals surface area contributed by atoms with Gasteiger partial charge in [-0.1, -0.05) is 30.3 Å². The number of hydrogen-bond acceptors (Lipinski definition) is 7. The maximum absolute atomic E-state index is 11.9. The van der Waals surface area contributed by atoms with E-state index in [0.29, 0.717) is 12.1 Å². The highest BCUT2D eigenvalue weighted by Gasteiger charge is 2.21. The summed E-state index contributed by atoms with van der Waals surface area (Å²) in [6.07, 6.45) is 0.650. The third-order valence-corrected chi connectivity index (χ3v) is 3.84. The summed E-state index contributed by atoms with van der Waals surface area (Å²) in [5, 5.41) is 15.1. The zero-order valence-electron chi connectivity index (χ0n) is 11.4. The number of rotatable bonds is 6. The van der Waals surface area contributed by atoms with Crippen molar-refractivity contribution in [3.63, 3.8) is 0 Å². The van der Waals surface area contributed by atoms with Gasteiger partial charge in [0.2, 0.25) is 11.6 Å². The van der Waals surface area contributed by atoms with Crippen LogP contribution in [0.1, 0.15) is 26.9 Å². The molecule has 3 aromatic rings. The van der Waals surface area contributed by atoms with Crippen molar-refractivity contribution in [3.8, 4) is 0 Å². The first-order valence-electron chi connectivity index (χ1n) is 6.50. The van der Waals surface area contributed by atoms with Crippen LogP contribution in [0.5, 0.6) is 0 Å². The number of nitrogens with one attached hydrogen (secondary N) is 1. The van der Waals surface area contributed by atoms with Gasteiger partial charge >= 0.3 is 0 Å². The van der Waals surface area contributed by atoms with E-state index >= 15 is 0 Å². The molecule has 0 radical (unpaired) electrons. The molecule has 0 saturated carbocycles. The number of Topliss-reactive ketones (excluding diaryl/α,β-unsaturated/α-hetero) is 2. The van der Waals surface area contributed by atoms with E-state index in [9.17, 15) is 9.59 Å². The van der Waals surface area contributed by atoms with E-state index in [2.05, 4.69) is 25.6 Å². The van der Waals surface area contributed by atoms with Gasteiger partial charge in [-0.25, -0.2) is 4.98 Å². The van der Waals surface area contributed by atoms with Crippen LogP contribution in [0.15, 0.2) is 35.7 Å². The van der Waals surface area contributed by atoms with Crippen LogP contribution in [0.4, 0.5) is 0 Å². The second kappa shape index (κ2) is 6.35. The van der Waals surface area contributed by atoms with Gasteiger partial charge in [-0.3, -0.25) is 9.59 Å². The van der Waals surface area contributed by atoms with Crippen molar-refractivity contribution in [1.29, 1.82) is 0 Å². The molecular formula is C14H11N5O2S. The second-order valence-corrected chi connectivity index (χ2v) is 5.50. The van der Waals surface area contributed by atoms with Crippen LogP contribution in [0.3, 0.4) is 0 Å². The highest BCUT2D eigenvalue weighted by Crippen LogP contribution is 2.15. The Labute approximate surface area is 129 Å². The predicted octanol–water partition coefficient (Wildman–Crippen LogP) is 1.24. The molecule has 0 bridgehead atoms. The molecule has 2 aromatic heterocycles. The molecule has 1 aromatic carbocycles. The van der Waals surface area contributed by atoms with E-state index in [-0.39, 0.29) is 12.2 Å². The summed E-state index contributed by atoms with van der Waals surface area (Å²) in [6, 6.07) is 9.94. The van der Waals surface area contributed by atoms with Gasteiger partial charge < -0.3 is 0 Å². The average molecular weight is 313 g/mol. The lowest BCUT2D eigenvalue weighted by molar-refractivity contribution is -0.114. The Kier molecular flexibility index (Phi) is 4.10. The zero-order valence-corrected chi connectivity index (χ0v) is 12.2. The zero-order chi connectivity index (χ0) is 15.4. The lowest BCUT2D eigenvalue weighted by atomic mass is 10.1. The molecule has 0 unspecified atom stereocenters. The number of benzene rings is 1. The van der Waals surface area contributed by atoms with Crippen LogP contribution in [0.2, 0.25) is 0 Å². The molecule has 0 spiro atoms. The maximum atomic E-state index is 11.9. The quantitative estimate of drug-likeness (QED) is 0.542. The van der Waals surface area contributed by atoms with Crippen molar-refractivity contribution in [1.82, 2.24) is 25.6 Å². The first-order valence-corrected chi connectivity index (χ1v) is 7.38. The SMILES string of the molecule is O=C(Cc1csc(Cc2ccccc2)n1)C(=O)c1nn[nH]n1. The van der Waals surface area contributed by atoms with Gasteiger partial charge in [0.1, 0.15) is 0 Å². The molecule has 2 heterocycles. The summed E-state index contributed by atoms with van der Waals surface area (Å²) in [5.41, 5.74) is 1.73. The van der Waals surface area contributed by atoms with Crippen LogP contribution in [0.25, 0.3) is 0 Å². The molecule has 0 fully saturated rings. The number of ketones is 2. The average Bonchev–Trinajstić information content (AvgIpc) is 3.19. The summed E-state index contributed by atoms with van der Waals surface area (Å²) in [6.45, 7) is 0. The minimum absolute atomic E-state index is 0.0569. The third-order valence-electron chi connectivity index (χ3n) is 2.94. The molecule has 1 N–H and O–H groups in total. The highest BCUT2D eigenvalue weighted by molar-refractivity contribution is 7.09. The van der Waals surface area contributed by atoms with E-state index in [1.807, 2.05) is 30.3 Å². The summed E-state index contributed by atoms with van der Waals surface area (Å²) in [4.78, 5) is 28.0. The van der Waals surface area contributed by atoms with Crippen molar-refractivity contribution in [2.75, 3.05) is 0 Å². The molecule has 22 heavy (non-hydrogen) atoms. The van der Waals surface area contributed by atoms with Crippen molar-refractivity contribution < 1.29 is 9.59 Å². The Morgan fingerprint density at radius 3 is 2.73 bits per heavy atom. The number of nitrogens with zero attached hydrogens (tertiary/aromatic N) is 4. The Bertz CT molecular complexity index is 783. The number of aromatic nitrogens is 5. The monoisotopic (exact) mass is 313 g/mol. The number of aromatic amines is 1. The number of thiazole rings is 1. The lowest BCUT2D eigenvalue weighted by Gasteiger charge is -1.96. The smallest absolute Gasteiger partial charge is 0.269 e. The van der Waals surface area contributed by atoms with Gasteiger partial charge in [0.15, 0.2) is 0 Å². The predicted molar refractivity (Wildman–Crippen MR) is 78.6 cm³/mol. The molecular weight excluding hydrogens is 302 g/mol. The van der Waals surface area contributed by atoms with E-state index in [0.717, 1.165) is 10.6 Å². The largest absolute Gasteiger partial charge is 0.290 e. The Balaban J connectivity index is 1.64. The summed E-state index contributed by atoms with van der Waals surface area (Å²) < 4.78 is 0. The number of carbonyl (C=O) groups is 2. The molecule has 8 heteroatoms. The van der Waals surface area contributed by atoms with Gasteiger partial charge in [-0.05, 0) is 10.8 Å². The number of carbonyl (C=O) groups excluding carboxylic acids is 2. The fraction of sp³-hybridized carbons (Fsp3) is 0.143. The number of tetrazole rings is 1. The molecule has 0 atom stereocenters. The van der Waals surface area contributed by atoms with Crippen molar-refractivity contribution in [2.24, 2.45) is 0 Å². The Hall–Kier alpha value is -2.74. The standard InChI is InChI=1S/C14H11N5O2S/c20-11(13(21)14-16-18-19-17-14)7-10-8-22-12(15-10)6-9-4-2-1-3-5-9/h1-5,8H,6-7H2,(H,16,17,18,19). The van der Waals surface area contributed by atoms with Crippen LogP contribution < -0.4 is 0 Å². The topological polar surface area (TPSA) is 101 Å². The van der Waals surface area contributed by atoms with E-state index in [4.69, 9.17) is 0 Å². The summed E-state index contributed by atoms with van der Waals surface area (Å²) in [5.74, 6) is -1.57. The summed E-state index contributed by atoms with van der Waals surface area (Å²) in [7, 11) is 0. The molecule has 0 aliphatic carbocycles. The molecule has 0 saturated heterocycles. The van der Waals surface area contributed by atoms with Gasteiger partial charge in [0.25, 0.3) is 5.78 Å². The maximum Gasteiger partial charge on any atom is 0.269 e. The first-order chi connectivity index (χ1) is 10.7. The fourth-order valence-corrected chi connectivity index (χ4v) is 2.74. The molecule has 3 rings (SSSR count). The molecule has 0 aliphatic heterocycles. The van der Waals surface area contributed by atoms with Gasteiger partial charge in [-0.15, -0.1) is 21.5 Å². The third kappa shape index (κ3) is 3.29. The van der Waals surface area contributed by atoms with Crippen molar-refractivity contribution >= 4 is 22.9 Å². The van der Waals surface area contributed by atoms with Gasteiger partial charge in [0, 0.05) is 11.8 Å².